The van der Waals surface area contributed by atoms with Gasteiger partial charge in [-0.05, 0) is 62.9 Å². The molecule has 0 radical (unpaired) electrons. The summed E-state index contributed by atoms with van der Waals surface area (Å²) in [6.07, 6.45) is 3.84. The zero-order valence-corrected chi connectivity index (χ0v) is 20.0. The summed E-state index contributed by atoms with van der Waals surface area (Å²) in [4.78, 5) is 45.5. The number of carbonyl (C=O) groups is 2. The van der Waals surface area contributed by atoms with Crippen molar-refractivity contribution in [3.63, 3.8) is 0 Å². The fourth-order valence-electron chi connectivity index (χ4n) is 4.01. The second kappa shape index (κ2) is 9.74. The normalized spacial score (nSPS) is 13.5. The number of nitrogens with zero attached hydrogens (tertiary/aromatic N) is 3. The Balaban J connectivity index is 1.28. The predicted octanol–water partition coefficient (Wildman–Crippen LogP) is 3.56. The molecule has 0 spiro atoms. The number of nitrogens with one attached hydrogen (secondary N) is 1. The highest BCUT2D eigenvalue weighted by Crippen LogP contribution is 2.26. The number of amides is 1. The van der Waals surface area contributed by atoms with E-state index in [1.54, 1.807) is 0 Å². The first kappa shape index (κ1) is 23.0. The molecule has 1 aromatic carbocycles. The maximum absolute atomic E-state index is 12.7. The minimum atomic E-state index is -0.545. The van der Waals surface area contributed by atoms with Gasteiger partial charge in [-0.3, -0.25) is 19.0 Å². The van der Waals surface area contributed by atoms with E-state index in [-0.39, 0.29) is 25.1 Å². The summed E-state index contributed by atoms with van der Waals surface area (Å²) in [7, 11) is 0. The third-order valence-electron chi connectivity index (χ3n) is 6.03. The minimum absolute atomic E-state index is 0.0217. The number of anilines is 2. The van der Waals surface area contributed by atoms with Crippen molar-refractivity contribution in [2.75, 3.05) is 29.9 Å². The molecule has 0 unspecified atom stereocenters. The van der Waals surface area contributed by atoms with Crippen LogP contribution in [0.25, 0.3) is 10.2 Å². The average molecular weight is 469 g/mol. The van der Waals surface area contributed by atoms with Gasteiger partial charge in [0.05, 0.1) is 18.1 Å². The Morgan fingerprint density at radius 1 is 1.18 bits per heavy atom. The number of benzene rings is 1. The number of aryl methyl sites for hydroxylation is 4. The highest BCUT2D eigenvalue weighted by molar-refractivity contribution is 7.18. The number of hydrogen-bond donors (Lipinski definition) is 1. The Kier molecular flexibility index (Phi) is 6.78. The van der Waals surface area contributed by atoms with Gasteiger partial charge in [-0.25, -0.2) is 4.98 Å². The van der Waals surface area contributed by atoms with Gasteiger partial charge in [0, 0.05) is 35.9 Å². The molecule has 1 amide bonds. The van der Waals surface area contributed by atoms with Crippen LogP contribution in [-0.2, 0) is 20.9 Å². The molecule has 9 heteroatoms. The van der Waals surface area contributed by atoms with Crippen LogP contribution in [0.4, 0.5) is 11.4 Å². The van der Waals surface area contributed by atoms with E-state index in [1.807, 2.05) is 32.9 Å². The van der Waals surface area contributed by atoms with E-state index in [0.29, 0.717) is 15.9 Å². The van der Waals surface area contributed by atoms with Crippen LogP contribution in [0.3, 0.4) is 0 Å². The fraction of sp³-hybridized carbons (Fsp3) is 0.417. The highest BCUT2D eigenvalue weighted by atomic mass is 32.1. The third-order valence-corrected chi connectivity index (χ3v) is 7.15. The van der Waals surface area contributed by atoms with Gasteiger partial charge < -0.3 is 15.0 Å². The number of fused-ring (bicyclic) bond motifs is 1. The molecule has 8 nitrogen and oxygen atoms in total. The molecule has 3 heterocycles. The lowest BCUT2D eigenvalue weighted by Crippen LogP contribution is -2.24. The molecule has 1 fully saturated rings. The van der Waals surface area contributed by atoms with Gasteiger partial charge in [0.15, 0.2) is 6.61 Å². The summed E-state index contributed by atoms with van der Waals surface area (Å²) in [6, 6.07) is 5.94. The Morgan fingerprint density at radius 2 is 1.94 bits per heavy atom. The standard InChI is InChI=1S/C24H28N4O4S/c1-15-12-18(27-9-4-5-10-27)6-7-19(15)26-20(29)13-32-21(30)8-11-28-14-25-23-22(24(28)31)16(2)17(3)33-23/h6-7,12,14H,4-5,8-11,13H2,1-3H3,(H,26,29). The number of rotatable bonds is 7. The predicted molar refractivity (Wildman–Crippen MR) is 130 cm³/mol. The zero-order chi connectivity index (χ0) is 23.5. The quantitative estimate of drug-likeness (QED) is 0.533. The lowest BCUT2D eigenvalue weighted by molar-refractivity contribution is -0.147. The van der Waals surface area contributed by atoms with E-state index in [1.165, 1.54) is 35.1 Å². The van der Waals surface area contributed by atoms with Crippen LogP contribution in [0.1, 0.15) is 35.3 Å². The lowest BCUT2D eigenvalue weighted by atomic mass is 10.1. The van der Waals surface area contributed by atoms with Crippen LogP contribution in [0, 0.1) is 20.8 Å². The molecule has 33 heavy (non-hydrogen) atoms. The van der Waals surface area contributed by atoms with Gasteiger partial charge in [0.2, 0.25) is 0 Å². The molecule has 1 aliphatic rings. The summed E-state index contributed by atoms with van der Waals surface area (Å²) < 4.78 is 6.52. The van der Waals surface area contributed by atoms with Crippen LogP contribution in [0.15, 0.2) is 29.3 Å². The minimum Gasteiger partial charge on any atom is -0.456 e. The van der Waals surface area contributed by atoms with Gasteiger partial charge in [-0.1, -0.05) is 0 Å². The topological polar surface area (TPSA) is 93.5 Å². The molecule has 0 saturated carbocycles. The Morgan fingerprint density at radius 3 is 2.67 bits per heavy atom. The van der Waals surface area contributed by atoms with Crippen molar-refractivity contribution in [1.82, 2.24) is 9.55 Å². The van der Waals surface area contributed by atoms with Crippen molar-refractivity contribution >= 4 is 44.8 Å². The van der Waals surface area contributed by atoms with E-state index >= 15 is 0 Å². The Labute approximate surface area is 196 Å². The summed E-state index contributed by atoms with van der Waals surface area (Å²) in [5.41, 5.74) is 3.57. The maximum Gasteiger partial charge on any atom is 0.308 e. The van der Waals surface area contributed by atoms with E-state index in [0.717, 1.165) is 34.8 Å². The number of aromatic nitrogens is 2. The van der Waals surface area contributed by atoms with Crippen molar-refractivity contribution in [3.8, 4) is 0 Å². The third kappa shape index (κ3) is 5.08. The summed E-state index contributed by atoms with van der Waals surface area (Å²) in [5, 5.41) is 3.39. The first-order valence-electron chi connectivity index (χ1n) is 11.1. The summed E-state index contributed by atoms with van der Waals surface area (Å²) >= 11 is 1.48. The largest absolute Gasteiger partial charge is 0.456 e. The van der Waals surface area contributed by atoms with E-state index < -0.39 is 11.9 Å². The maximum atomic E-state index is 12.7. The van der Waals surface area contributed by atoms with Gasteiger partial charge in [0.25, 0.3) is 11.5 Å². The van der Waals surface area contributed by atoms with Gasteiger partial charge in [-0.2, -0.15) is 0 Å². The Hall–Kier alpha value is -3.20. The molecule has 0 bridgehead atoms. The smallest absolute Gasteiger partial charge is 0.308 e. The molecule has 1 N–H and O–H groups in total. The SMILES string of the molecule is Cc1cc(N2CCCC2)ccc1NC(=O)COC(=O)CCn1cnc2sc(C)c(C)c2c1=O. The van der Waals surface area contributed by atoms with Crippen LogP contribution in [-0.4, -0.2) is 41.1 Å². The summed E-state index contributed by atoms with van der Waals surface area (Å²) in [6.45, 7) is 7.69. The molecule has 1 aliphatic heterocycles. The van der Waals surface area contributed by atoms with Gasteiger partial charge in [0.1, 0.15) is 4.83 Å². The van der Waals surface area contributed by atoms with E-state index in [9.17, 15) is 14.4 Å². The van der Waals surface area contributed by atoms with Crippen molar-refractivity contribution in [1.29, 1.82) is 0 Å². The molecule has 0 atom stereocenters. The number of thiophene rings is 1. The molecular weight excluding hydrogens is 440 g/mol. The monoisotopic (exact) mass is 468 g/mol. The van der Waals surface area contributed by atoms with Crippen molar-refractivity contribution < 1.29 is 14.3 Å². The van der Waals surface area contributed by atoms with Crippen LogP contribution in [0.5, 0.6) is 0 Å². The first-order chi connectivity index (χ1) is 15.8. The first-order valence-corrected chi connectivity index (χ1v) is 11.9. The van der Waals surface area contributed by atoms with Crippen molar-refractivity contribution in [2.45, 2.75) is 46.6 Å². The van der Waals surface area contributed by atoms with Crippen LogP contribution < -0.4 is 15.8 Å². The van der Waals surface area contributed by atoms with Crippen molar-refractivity contribution in [3.05, 3.63) is 50.9 Å². The molecular formula is C24H28N4O4S. The molecule has 3 aromatic rings. The Bertz CT molecular complexity index is 1260. The number of esters is 1. The second-order valence-corrected chi connectivity index (χ2v) is 9.56. The van der Waals surface area contributed by atoms with E-state index in [4.69, 9.17) is 4.74 Å². The van der Waals surface area contributed by atoms with Gasteiger partial charge in [-0.15, -0.1) is 11.3 Å². The molecule has 2 aromatic heterocycles. The molecule has 1 saturated heterocycles. The average Bonchev–Trinajstić information content (AvgIpc) is 3.42. The fourth-order valence-corrected chi connectivity index (χ4v) is 4.99. The van der Waals surface area contributed by atoms with E-state index in [2.05, 4.69) is 21.3 Å². The van der Waals surface area contributed by atoms with Crippen LogP contribution >= 0.6 is 11.3 Å². The number of ether oxygens (including phenoxy) is 1. The zero-order valence-electron chi connectivity index (χ0n) is 19.1. The highest BCUT2D eigenvalue weighted by Gasteiger charge is 2.15. The van der Waals surface area contributed by atoms with Crippen molar-refractivity contribution in [2.24, 2.45) is 0 Å². The molecule has 0 aliphatic carbocycles. The molecule has 174 valence electrons. The van der Waals surface area contributed by atoms with Gasteiger partial charge >= 0.3 is 5.97 Å². The summed E-state index contributed by atoms with van der Waals surface area (Å²) in [5.74, 6) is -0.943. The van der Waals surface area contributed by atoms with Crippen LogP contribution in [0.2, 0.25) is 0 Å². The number of hydrogen-bond acceptors (Lipinski definition) is 7. The lowest BCUT2D eigenvalue weighted by Gasteiger charge is -2.19. The second-order valence-electron chi connectivity index (χ2n) is 8.36. The molecule has 4 rings (SSSR count). The number of carbonyl (C=O) groups excluding carboxylic acids is 2.